The summed E-state index contributed by atoms with van der Waals surface area (Å²) in [5, 5.41) is 0.374. The van der Waals surface area contributed by atoms with E-state index in [4.69, 9.17) is 11.6 Å². The largest absolute Gasteiger partial charge is 0.232 e. The molecule has 0 aliphatic heterocycles. The molecule has 0 saturated carbocycles. The van der Waals surface area contributed by atoms with Gasteiger partial charge in [0.1, 0.15) is 16.8 Å². The highest BCUT2D eigenvalue weighted by Crippen LogP contribution is 2.27. The molecule has 1 heterocycles. The first kappa shape index (κ1) is 13.9. The second kappa shape index (κ2) is 4.89. The van der Waals surface area contributed by atoms with Crippen LogP contribution in [0.1, 0.15) is 32.2 Å². The van der Waals surface area contributed by atoms with Gasteiger partial charge in [0.2, 0.25) is 0 Å². The molecule has 0 amide bonds. The van der Waals surface area contributed by atoms with Gasteiger partial charge in [-0.05, 0) is 24.6 Å². The van der Waals surface area contributed by atoms with E-state index in [1.54, 1.807) is 12.1 Å². The lowest BCUT2D eigenvalue weighted by Crippen LogP contribution is -2.16. The van der Waals surface area contributed by atoms with Crippen molar-refractivity contribution in [3.63, 3.8) is 0 Å². The smallest absolute Gasteiger partial charge is 0.136 e. The molecular formula is C15H16ClFN2. The Labute approximate surface area is 117 Å². The normalized spacial score (nSPS) is 11.7. The third-order valence-electron chi connectivity index (χ3n) is 2.84. The van der Waals surface area contributed by atoms with E-state index in [0.29, 0.717) is 16.7 Å². The van der Waals surface area contributed by atoms with Crippen LogP contribution in [-0.4, -0.2) is 9.97 Å². The maximum absolute atomic E-state index is 13.4. The first-order valence-corrected chi connectivity index (χ1v) is 6.47. The zero-order valence-corrected chi connectivity index (χ0v) is 12.2. The van der Waals surface area contributed by atoms with Crippen molar-refractivity contribution in [3.05, 3.63) is 46.6 Å². The molecule has 0 aliphatic rings. The Morgan fingerprint density at radius 2 is 1.79 bits per heavy atom. The lowest BCUT2D eigenvalue weighted by atomic mass is 9.95. The average molecular weight is 279 g/mol. The van der Waals surface area contributed by atoms with Crippen molar-refractivity contribution in [1.82, 2.24) is 9.97 Å². The summed E-state index contributed by atoms with van der Waals surface area (Å²) in [6.45, 7) is 7.96. The fourth-order valence-corrected chi connectivity index (χ4v) is 1.94. The van der Waals surface area contributed by atoms with Gasteiger partial charge >= 0.3 is 0 Å². The highest BCUT2D eigenvalue weighted by molar-refractivity contribution is 6.29. The molecule has 100 valence electrons. The summed E-state index contributed by atoms with van der Waals surface area (Å²) in [6, 6.07) is 6.31. The van der Waals surface area contributed by atoms with Crippen molar-refractivity contribution >= 4 is 11.6 Å². The average Bonchev–Trinajstić information content (AvgIpc) is 2.30. The van der Waals surface area contributed by atoms with Crippen LogP contribution in [0.25, 0.3) is 11.3 Å². The van der Waals surface area contributed by atoms with Gasteiger partial charge < -0.3 is 0 Å². The SMILES string of the molecule is Cc1ccc(F)cc1-c1cc(Cl)nc(C(C)(C)C)n1. The molecule has 0 spiro atoms. The molecule has 0 atom stereocenters. The molecule has 1 aromatic carbocycles. The second-order valence-corrected chi connectivity index (χ2v) is 6.00. The zero-order chi connectivity index (χ0) is 14.2. The topological polar surface area (TPSA) is 25.8 Å². The monoisotopic (exact) mass is 278 g/mol. The van der Waals surface area contributed by atoms with Crippen molar-refractivity contribution in [2.24, 2.45) is 0 Å². The van der Waals surface area contributed by atoms with E-state index in [1.165, 1.54) is 12.1 Å². The first-order valence-electron chi connectivity index (χ1n) is 6.09. The van der Waals surface area contributed by atoms with Gasteiger partial charge in [-0.1, -0.05) is 38.4 Å². The molecule has 0 bridgehead atoms. The molecule has 0 saturated heterocycles. The molecule has 2 rings (SSSR count). The number of hydrogen-bond acceptors (Lipinski definition) is 2. The van der Waals surface area contributed by atoms with E-state index in [1.807, 2.05) is 27.7 Å². The van der Waals surface area contributed by atoms with Crippen molar-refractivity contribution in [2.75, 3.05) is 0 Å². The maximum atomic E-state index is 13.4. The van der Waals surface area contributed by atoms with Crippen LogP contribution in [0.5, 0.6) is 0 Å². The molecular weight excluding hydrogens is 263 g/mol. The highest BCUT2D eigenvalue weighted by Gasteiger charge is 2.19. The molecule has 0 aliphatic carbocycles. The summed E-state index contributed by atoms with van der Waals surface area (Å²) in [6.07, 6.45) is 0. The van der Waals surface area contributed by atoms with Crippen LogP contribution in [0.2, 0.25) is 5.15 Å². The summed E-state index contributed by atoms with van der Waals surface area (Å²) in [5.74, 6) is 0.367. The Morgan fingerprint density at radius 3 is 2.42 bits per heavy atom. The van der Waals surface area contributed by atoms with Gasteiger partial charge in [-0.2, -0.15) is 0 Å². The second-order valence-electron chi connectivity index (χ2n) is 5.61. The van der Waals surface area contributed by atoms with Crippen molar-refractivity contribution < 1.29 is 4.39 Å². The summed E-state index contributed by atoms with van der Waals surface area (Å²) in [7, 11) is 0. The molecule has 2 aromatic rings. The van der Waals surface area contributed by atoms with Crippen molar-refractivity contribution in [1.29, 1.82) is 0 Å². The Bertz CT molecular complexity index is 618. The summed E-state index contributed by atoms with van der Waals surface area (Å²) < 4.78 is 13.4. The number of aryl methyl sites for hydroxylation is 1. The lowest BCUT2D eigenvalue weighted by molar-refractivity contribution is 0.546. The van der Waals surface area contributed by atoms with E-state index >= 15 is 0 Å². The number of halogens is 2. The fourth-order valence-electron chi connectivity index (χ4n) is 1.76. The zero-order valence-electron chi connectivity index (χ0n) is 11.5. The number of rotatable bonds is 1. The van der Waals surface area contributed by atoms with Crippen LogP contribution < -0.4 is 0 Å². The van der Waals surface area contributed by atoms with Gasteiger partial charge in [-0.15, -0.1) is 0 Å². The van der Waals surface area contributed by atoms with Crippen LogP contribution in [0.4, 0.5) is 4.39 Å². The molecule has 2 nitrogen and oxygen atoms in total. The summed E-state index contributed by atoms with van der Waals surface area (Å²) in [4.78, 5) is 8.76. The predicted octanol–water partition coefficient (Wildman–Crippen LogP) is 4.54. The maximum Gasteiger partial charge on any atom is 0.136 e. The molecule has 19 heavy (non-hydrogen) atoms. The van der Waals surface area contributed by atoms with Crippen LogP contribution in [-0.2, 0) is 5.41 Å². The molecule has 0 radical (unpaired) electrons. The Balaban J connectivity index is 2.63. The molecule has 0 fully saturated rings. The quantitative estimate of drug-likeness (QED) is 0.716. The molecule has 4 heteroatoms. The number of aromatic nitrogens is 2. The highest BCUT2D eigenvalue weighted by atomic mass is 35.5. The number of benzene rings is 1. The van der Waals surface area contributed by atoms with Crippen LogP contribution in [0, 0.1) is 12.7 Å². The standard InChI is InChI=1S/C15H16ClFN2/c1-9-5-6-10(17)7-11(9)12-8-13(16)19-14(18-12)15(2,3)4/h5-8H,1-4H3. The van der Waals surface area contributed by atoms with Crippen LogP contribution in [0.3, 0.4) is 0 Å². The van der Waals surface area contributed by atoms with Gasteiger partial charge in [0.25, 0.3) is 0 Å². The van der Waals surface area contributed by atoms with Crippen LogP contribution >= 0.6 is 11.6 Å². The number of hydrogen-bond donors (Lipinski definition) is 0. The lowest BCUT2D eigenvalue weighted by Gasteiger charge is -2.18. The summed E-state index contributed by atoms with van der Waals surface area (Å²) >= 11 is 6.05. The Morgan fingerprint density at radius 1 is 1.11 bits per heavy atom. The van der Waals surface area contributed by atoms with E-state index in [9.17, 15) is 4.39 Å². The van der Waals surface area contributed by atoms with Gasteiger partial charge in [-0.25, -0.2) is 14.4 Å². The van der Waals surface area contributed by atoms with Gasteiger partial charge in [0.15, 0.2) is 0 Å². The van der Waals surface area contributed by atoms with E-state index < -0.39 is 0 Å². The molecule has 0 unspecified atom stereocenters. The Hall–Kier alpha value is -1.48. The minimum atomic E-state index is -0.285. The Kier molecular flexibility index (Phi) is 3.59. The minimum Gasteiger partial charge on any atom is -0.232 e. The van der Waals surface area contributed by atoms with E-state index in [-0.39, 0.29) is 11.2 Å². The minimum absolute atomic E-state index is 0.207. The van der Waals surface area contributed by atoms with E-state index in [2.05, 4.69) is 9.97 Å². The summed E-state index contributed by atoms with van der Waals surface area (Å²) in [5.41, 5.74) is 2.15. The first-order chi connectivity index (χ1) is 8.77. The van der Waals surface area contributed by atoms with Gasteiger partial charge in [0.05, 0.1) is 5.69 Å². The third kappa shape index (κ3) is 3.10. The van der Waals surface area contributed by atoms with E-state index in [0.717, 1.165) is 11.1 Å². The van der Waals surface area contributed by atoms with Crippen molar-refractivity contribution in [2.45, 2.75) is 33.1 Å². The third-order valence-corrected chi connectivity index (χ3v) is 3.03. The molecule has 1 aromatic heterocycles. The van der Waals surface area contributed by atoms with Crippen LogP contribution in [0.15, 0.2) is 24.3 Å². The van der Waals surface area contributed by atoms with Gasteiger partial charge in [0, 0.05) is 17.0 Å². The fraction of sp³-hybridized carbons (Fsp3) is 0.333. The molecule has 0 N–H and O–H groups in total. The number of nitrogens with zero attached hydrogens (tertiary/aromatic N) is 2. The predicted molar refractivity (Wildman–Crippen MR) is 75.9 cm³/mol. The van der Waals surface area contributed by atoms with Crippen molar-refractivity contribution in [3.8, 4) is 11.3 Å². The van der Waals surface area contributed by atoms with Gasteiger partial charge in [-0.3, -0.25) is 0 Å².